The van der Waals surface area contributed by atoms with Crippen molar-refractivity contribution >= 4 is 15.8 Å². The number of benzene rings is 2. The van der Waals surface area contributed by atoms with Crippen molar-refractivity contribution in [2.24, 2.45) is 4.99 Å². The van der Waals surface area contributed by atoms with E-state index in [1.54, 1.807) is 7.05 Å². The highest BCUT2D eigenvalue weighted by atomic mass is 32.2. The van der Waals surface area contributed by atoms with Gasteiger partial charge in [0.15, 0.2) is 15.8 Å². The molecule has 0 heterocycles. The molecule has 0 aromatic heterocycles. The van der Waals surface area contributed by atoms with E-state index in [9.17, 15) is 8.42 Å². The van der Waals surface area contributed by atoms with E-state index < -0.39 is 9.84 Å². The minimum atomic E-state index is -3.01. The molecule has 146 valence electrons. The number of hydrogen-bond acceptors (Lipinski definition) is 4. The van der Waals surface area contributed by atoms with E-state index in [-0.39, 0.29) is 5.75 Å². The average molecular weight is 390 g/mol. The summed E-state index contributed by atoms with van der Waals surface area (Å²) in [6.45, 7) is 1.86. The first-order valence-corrected chi connectivity index (χ1v) is 10.8. The lowest BCUT2D eigenvalue weighted by Gasteiger charge is -2.22. The molecule has 27 heavy (non-hydrogen) atoms. The van der Waals surface area contributed by atoms with Crippen molar-refractivity contribution in [2.45, 2.75) is 12.3 Å². The van der Waals surface area contributed by atoms with Crippen LogP contribution in [0, 0.1) is 0 Å². The largest absolute Gasteiger partial charge is 0.492 e. The Hall–Kier alpha value is -2.54. The summed E-state index contributed by atoms with van der Waals surface area (Å²) in [4.78, 5) is 6.29. The Morgan fingerprint density at radius 2 is 1.70 bits per heavy atom. The monoisotopic (exact) mass is 389 g/mol. The average Bonchev–Trinajstić information content (AvgIpc) is 2.63. The molecule has 0 unspecified atom stereocenters. The van der Waals surface area contributed by atoms with Gasteiger partial charge in [-0.1, -0.05) is 42.5 Å². The van der Waals surface area contributed by atoms with Gasteiger partial charge >= 0.3 is 0 Å². The number of nitrogens with zero attached hydrogens (tertiary/aromatic N) is 2. The van der Waals surface area contributed by atoms with Crippen LogP contribution in [0.2, 0.25) is 0 Å². The molecule has 7 heteroatoms. The fourth-order valence-electron chi connectivity index (χ4n) is 2.54. The maximum Gasteiger partial charge on any atom is 0.193 e. The molecule has 0 aliphatic rings. The van der Waals surface area contributed by atoms with Crippen molar-refractivity contribution < 1.29 is 13.2 Å². The molecule has 0 saturated heterocycles. The third kappa shape index (κ3) is 7.70. The summed E-state index contributed by atoms with van der Waals surface area (Å²) < 4.78 is 28.4. The maximum absolute atomic E-state index is 11.3. The van der Waals surface area contributed by atoms with Crippen LogP contribution in [0.5, 0.6) is 5.75 Å². The van der Waals surface area contributed by atoms with Crippen molar-refractivity contribution in [3.05, 3.63) is 65.7 Å². The number of ether oxygens (including phenoxy) is 1. The van der Waals surface area contributed by atoms with Crippen molar-refractivity contribution in [1.29, 1.82) is 0 Å². The van der Waals surface area contributed by atoms with Crippen LogP contribution in [0.4, 0.5) is 0 Å². The van der Waals surface area contributed by atoms with Gasteiger partial charge in [0.1, 0.15) is 12.4 Å². The Kier molecular flexibility index (Phi) is 7.67. The van der Waals surface area contributed by atoms with E-state index in [2.05, 4.69) is 10.3 Å². The SMILES string of the molecule is CN=C(NCc1ccc(CS(C)(=O)=O)cc1)N(C)CCOc1ccccc1. The summed E-state index contributed by atoms with van der Waals surface area (Å²) in [6.07, 6.45) is 1.24. The van der Waals surface area contributed by atoms with Gasteiger partial charge in [-0.25, -0.2) is 8.42 Å². The van der Waals surface area contributed by atoms with Gasteiger partial charge in [0.25, 0.3) is 0 Å². The molecule has 0 amide bonds. The summed E-state index contributed by atoms with van der Waals surface area (Å²) in [5.41, 5.74) is 1.85. The van der Waals surface area contributed by atoms with Gasteiger partial charge in [0, 0.05) is 26.9 Å². The summed E-state index contributed by atoms with van der Waals surface area (Å²) in [7, 11) is 0.686. The molecule has 2 aromatic rings. The highest BCUT2D eigenvalue weighted by Crippen LogP contribution is 2.09. The Balaban J connectivity index is 1.80. The number of rotatable bonds is 8. The molecule has 1 N–H and O–H groups in total. The zero-order chi connectivity index (χ0) is 19.7. The molecule has 2 rings (SSSR count). The fourth-order valence-corrected chi connectivity index (χ4v) is 3.34. The van der Waals surface area contributed by atoms with Crippen LogP contribution in [0.25, 0.3) is 0 Å². The Morgan fingerprint density at radius 1 is 1.07 bits per heavy atom. The molecule has 0 atom stereocenters. The smallest absolute Gasteiger partial charge is 0.193 e. The lowest BCUT2D eigenvalue weighted by molar-refractivity contribution is 0.281. The van der Waals surface area contributed by atoms with E-state index in [4.69, 9.17) is 4.74 Å². The van der Waals surface area contributed by atoms with Crippen molar-refractivity contribution in [1.82, 2.24) is 10.2 Å². The van der Waals surface area contributed by atoms with Gasteiger partial charge in [0.05, 0.1) is 12.3 Å². The van der Waals surface area contributed by atoms with Crippen LogP contribution in [0.15, 0.2) is 59.6 Å². The van der Waals surface area contributed by atoms with Crippen molar-refractivity contribution in [2.75, 3.05) is 33.5 Å². The molecular formula is C20H27N3O3S. The Bertz CT molecular complexity index is 835. The summed E-state index contributed by atoms with van der Waals surface area (Å²) >= 11 is 0. The second-order valence-corrected chi connectivity index (χ2v) is 8.51. The molecule has 6 nitrogen and oxygen atoms in total. The molecule has 0 aliphatic carbocycles. The number of guanidine groups is 1. The first-order chi connectivity index (χ1) is 12.9. The lowest BCUT2D eigenvalue weighted by Crippen LogP contribution is -2.40. The van der Waals surface area contributed by atoms with Crippen LogP contribution in [0.1, 0.15) is 11.1 Å². The number of aliphatic imine (C=N–C) groups is 1. The van der Waals surface area contributed by atoms with Crippen LogP contribution >= 0.6 is 0 Å². The lowest BCUT2D eigenvalue weighted by atomic mass is 10.1. The van der Waals surface area contributed by atoms with Gasteiger partial charge < -0.3 is 15.0 Å². The molecular weight excluding hydrogens is 362 g/mol. The topological polar surface area (TPSA) is 71.0 Å². The van der Waals surface area contributed by atoms with E-state index in [1.807, 2.05) is 66.5 Å². The molecule has 0 aliphatic heterocycles. The van der Waals surface area contributed by atoms with Gasteiger partial charge in [-0.15, -0.1) is 0 Å². The third-order valence-corrected chi connectivity index (χ3v) is 4.77. The summed E-state index contributed by atoms with van der Waals surface area (Å²) in [5.74, 6) is 1.68. The Morgan fingerprint density at radius 3 is 2.30 bits per heavy atom. The number of hydrogen-bond donors (Lipinski definition) is 1. The van der Waals surface area contributed by atoms with Gasteiger partial charge in [-0.3, -0.25) is 4.99 Å². The van der Waals surface area contributed by atoms with Crippen LogP contribution in [-0.2, 0) is 22.1 Å². The quantitative estimate of drug-likeness (QED) is 0.554. The molecule has 0 bridgehead atoms. The first kappa shape index (κ1) is 20.8. The number of para-hydroxylation sites is 1. The van der Waals surface area contributed by atoms with Gasteiger partial charge in [-0.2, -0.15) is 0 Å². The standard InChI is InChI=1S/C20H27N3O3S/c1-21-20(23(2)13-14-26-19-7-5-4-6-8-19)22-15-17-9-11-18(12-10-17)16-27(3,24)25/h4-12H,13-16H2,1-3H3,(H,21,22). The number of sulfone groups is 1. The molecule has 0 saturated carbocycles. The van der Waals surface area contributed by atoms with Crippen LogP contribution in [0.3, 0.4) is 0 Å². The number of nitrogens with one attached hydrogen (secondary N) is 1. The van der Waals surface area contributed by atoms with Crippen LogP contribution < -0.4 is 10.1 Å². The second kappa shape index (κ2) is 9.97. The zero-order valence-corrected chi connectivity index (χ0v) is 16.9. The van der Waals surface area contributed by atoms with Crippen LogP contribution in [-0.4, -0.2) is 52.8 Å². The van der Waals surface area contributed by atoms with E-state index in [0.717, 1.165) is 22.8 Å². The third-order valence-electron chi connectivity index (χ3n) is 3.91. The molecule has 0 radical (unpaired) electrons. The minimum Gasteiger partial charge on any atom is -0.492 e. The molecule has 0 spiro atoms. The Labute approximate surface area is 161 Å². The second-order valence-electron chi connectivity index (χ2n) is 6.37. The maximum atomic E-state index is 11.3. The normalized spacial score (nSPS) is 11.9. The van der Waals surface area contributed by atoms with Gasteiger partial charge in [-0.05, 0) is 23.3 Å². The predicted octanol–water partition coefficient (Wildman–Crippen LogP) is 2.32. The highest BCUT2D eigenvalue weighted by Gasteiger charge is 2.07. The van der Waals surface area contributed by atoms with Crippen molar-refractivity contribution in [3.8, 4) is 5.75 Å². The predicted molar refractivity (Wildman–Crippen MR) is 110 cm³/mol. The summed E-state index contributed by atoms with van der Waals surface area (Å²) in [5, 5.41) is 3.30. The highest BCUT2D eigenvalue weighted by molar-refractivity contribution is 7.89. The van der Waals surface area contributed by atoms with E-state index >= 15 is 0 Å². The van der Waals surface area contributed by atoms with E-state index in [0.29, 0.717) is 19.7 Å². The fraction of sp³-hybridized carbons (Fsp3) is 0.350. The summed E-state index contributed by atoms with van der Waals surface area (Å²) in [6, 6.07) is 17.3. The minimum absolute atomic E-state index is 0.0620. The van der Waals surface area contributed by atoms with E-state index in [1.165, 1.54) is 6.26 Å². The molecule has 2 aromatic carbocycles. The molecule has 0 fully saturated rings. The van der Waals surface area contributed by atoms with Crippen molar-refractivity contribution in [3.63, 3.8) is 0 Å². The first-order valence-electron chi connectivity index (χ1n) is 8.72. The zero-order valence-electron chi connectivity index (χ0n) is 16.1. The number of likely N-dealkylation sites (N-methyl/N-ethyl adjacent to an activating group) is 1. The van der Waals surface area contributed by atoms with Gasteiger partial charge in [0.2, 0.25) is 0 Å².